The topological polar surface area (TPSA) is 52.0 Å². The number of carbonyl (C=O) groups excluding carboxylic acids is 1. The van der Waals surface area contributed by atoms with Gasteiger partial charge in [-0.05, 0) is 93.6 Å². The van der Waals surface area contributed by atoms with E-state index in [9.17, 15) is 27.2 Å². The standard InChI is InChI=1S/C17H15FN2O.C13H15F3O.C7H14.C5H10/c1-11(2)16-19-15-6-4-3-5-14(15)17(21)20(16)13-9-7-12(18)8-10-13;1-2-3-4-12(17)9-10-5-7-11(8-6-10)13(14,15)16;1-4-6-7(3)5-2;1-3-5-4-2/h3-11H,1-2H3;5-8H,2-4,9H2,1H3;6H,4-5H2,1-3H3;3,5H,4H2,1-2H3/b;;7-6-;5-3-. The Bertz CT molecular complexity index is 1680. The van der Waals surface area contributed by atoms with Crippen molar-refractivity contribution in [3.8, 4) is 5.69 Å². The SMILES string of the molecule is C/C=C\CC.CC(C)c1nc2ccccc2c(=O)n1-c1ccc(F)cc1.CC/C=C(/C)CC.CCCCC(=O)Cc1ccc(C(F)(F)F)cc1. The molecule has 4 rings (SSSR count). The summed E-state index contributed by atoms with van der Waals surface area (Å²) in [5.41, 5.74) is 2.65. The molecule has 0 amide bonds. The Kier molecular flexibility index (Phi) is 20.2. The summed E-state index contributed by atoms with van der Waals surface area (Å²) >= 11 is 0. The van der Waals surface area contributed by atoms with Gasteiger partial charge in [-0.15, -0.1) is 0 Å². The molecule has 3 aromatic carbocycles. The van der Waals surface area contributed by atoms with E-state index in [4.69, 9.17) is 0 Å². The highest BCUT2D eigenvalue weighted by atomic mass is 19.4. The molecule has 50 heavy (non-hydrogen) atoms. The molecule has 4 nitrogen and oxygen atoms in total. The van der Waals surface area contributed by atoms with Gasteiger partial charge in [0.15, 0.2) is 0 Å². The summed E-state index contributed by atoms with van der Waals surface area (Å²) in [4.78, 5) is 28.8. The van der Waals surface area contributed by atoms with Gasteiger partial charge in [-0.3, -0.25) is 14.2 Å². The maximum atomic E-state index is 13.1. The molecule has 0 aliphatic carbocycles. The van der Waals surface area contributed by atoms with Gasteiger partial charge in [-0.1, -0.05) is 96.0 Å². The number of fused-ring (bicyclic) bond motifs is 1. The van der Waals surface area contributed by atoms with Crippen molar-refractivity contribution in [2.75, 3.05) is 0 Å². The van der Waals surface area contributed by atoms with Crippen molar-refractivity contribution in [2.45, 2.75) is 112 Å². The summed E-state index contributed by atoms with van der Waals surface area (Å²) in [6.45, 7) is 16.6. The van der Waals surface area contributed by atoms with Crippen molar-refractivity contribution >= 4 is 16.7 Å². The number of benzene rings is 3. The quantitative estimate of drug-likeness (QED) is 0.123. The van der Waals surface area contributed by atoms with Crippen LogP contribution in [0, 0.1) is 5.82 Å². The lowest BCUT2D eigenvalue weighted by Crippen LogP contribution is -2.24. The third kappa shape index (κ3) is 15.5. The second kappa shape index (κ2) is 23.1. The minimum atomic E-state index is -4.31. The first-order valence-electron chi connectivity index (χ1n) is 17.5. The molecule has 0 saturated heterocycles. The molecule has 0 radical (unpaired) electrons. The number of alkyl halides is 3. The number of allylic oxidation sites excluding steroid dienone is 4. The number of ketones is 1. The van der Waals surface area contributed by atoms with Gasteiger partial charge in [0.25, 0.3) is 5.56 Å². The Morgan fingerprint density at radius 2 is 1.52 bits per heavy atom. The van der Waals surface area contributed by atoms with Gasteiger partial charge in [0, 0.05) is 18.8 Å². The maximum absolute atomic E-state index is 13.1. The molecule has 0 fully saturated rings. The lowest BCUT2D eigenvalue weighted by atomic mass is 10.0. The lowest BCUT2D eigenvalue weighted by molar-refractivity contribution is -0.137. The molecule has 0 aliphatic rings. The van der Waals surface area contributed by atoms with Gasteiger partial charge in [0.1, 0.15) is 17.4 Å². The molecule has 8 heteroatoms. The average molecular weight is 695 g/mol. The van der Waals surface area contributed by atoms with Gasteiger partial charge >= 0.3 is 6.18 Å². The number of hydrogen-bond donors (Lipinski definition) is 0. The van der Waals surface area contributed by atoms with Crippen molar-refractivity contribution in [3.63, 3.8) is 0 Å². The van der Waals surface area contributed by atoms with Crippen molar-refractivity contribution in [3.05, 3.63) is 130 Å². The minimum absolute atomic E-state index is 0.0756. The molecule has 0 spiro atoms. The van der Waals surface area contributed by atoms with Crippen LogP contribution in [0.2, 0.25) is 0 Å². The molecule has 0 unspecified atom stereocenters. The number of hydrogen-bond acceptors (Lipinski definition) is 3. The second-order valence-electron chi connectivity index (χ2n) is 12.1. The van der Waals surface area contributed by atoms with Gasteiger partial charge in [-0.25, -0.2) is 9.37 Å². The van der Waals surface area contributed by atoms with Crippen LogP contribution in [0.5, 0.6) is 0 Å². The van der Waals surface area contributed by atoms with Crippen molar-refractivity contribution < 1.29 is 22.4 Å². The highest BCUT2D eigenvalue weighted by Crippen LogP contribution is 2.29. The third-order valence-corrected chi connectivity index (χ3v) is 7.48. The van der Waals surface area contributed by atoms with E-state index in [1.807, 2.05) is 45.9 Å². The first-order valence-corrected chi connectivity index (χ1v) is 17.5. The largest absolute Gasteiger partial charge is 0.416 e. The smallest absolute Gasteiger partial charge is 0.299 e. The maximum Gasteiger partial charge on any atom is 0.416 e. The molecule has 4 aromatic rings. The van der Waals surface area contributed by atoms with E-state index in [-0.39, 0.29) is 29.5 Å². The zero-order valence-electron chi connectivity index (χ0n) is 30.9. The predicted octanol–water partition coefficient (Wildman–Crippen LogP) is 12.4. The molecule has 0 atom stereocenters. The van der Waals surface area contributed by atoms with Gasteiger partial charge in [0.05, 0.1) is 22.2 Å². The number of rotatable bonds is 10. The van der Waals surface area contributed by atoms with Gasteiger partial charge in [0.2, 0.25) is 0 Å². The number of unbranched alkanes of at least 4 members (excludes halogenated alkanes) is 1. The van der Waals surface area contributed by atoms with E-state index in [0.29, 0.717) is 34.4 Å². The number of aromatic nitrogens is 2. The molecule has 1 heterocycles. The lowest BCUT2D eigenvalue weighted by Gasteiger charge is -2.15. The summed E-state index contributed by atoms with van der Waals surface area (Å²) in [6, 6.07) is 17.9. The van der Waals surface area contributed by atoms with Crippen LogP contribution in [-0.4, -0.2) is 15.3 Å². The molecule has 0 bridgehead atoms. The predicted molar refractivity (Wildman–Crippen MR) is 201 cm³/mol. The third-order valence-electron chi connectivity index (χ3n) is 7.48. The van der Waals surface area contributed by atoms with Crippen LogP contribution in [0.15, 0.2) is 101 Å². The molecule has 0 saturated carbocycles. The zero-order valence-corrected chi connectivity index (χ0v) is 30.9. The number of Topliss-reactive ketones (excluding diaryl/α,β-unsaturated/α-hetero) is 1. The summed E-state index contributed by atoms with van der Waals surface area (Å²) in [7, 11) is 0. The molecular formula is C42H54F4N2O2. The van der Waals surface area contributed by atoms with Crippen LogP contribution in [0.4, 0.5) is 17.6 Å². The first kappa shape index (κ1) is 43.7. The van der Waals surface area contributed by atoms with Crippen LogP contribution in [0.25, 0.3) is 16.6 Å². The summed E-state index contributed by atoms with van der Waals surface area (Å²) < 4.78 is 51.5. The second-order valence-corrected chi connectivity index (χ2v) is 12.1. The number of para-hydroxylation sites is 1. The van der Waals surface area contributed by atoms with Crippen molar-refractivity contribution in [2.24, 2.45) is 0 Å². The molecule has 272 valence electrons. The number of halogens is 4. The van der Waals surface area contributed by atoms with Crippen LogP contribution in [0.1, 0.15) is 117 Å². The van der Waals surface area contributed by atoms with Gasteiger partial charge in [-0.2, -0.15) is 13.2 Å². The van der Waals surface area contributed by atoms with E-state index >= 15 is 0 Å². The Labute approximate surface area is 296 Å². The Balaban J connectivity index is 0.000000384. The van der Waals surface area contributed by atoms with Gasteiger partial charge < -0.3 is 0 Å². The summed E-state index contributed by atoms with van der Waals surface area (Å²) in [5, 5.41) is 0.561. The fraction of sp³-hybridized carbons (Fsp3) is 0.405. The van der Waals surface area contributed by atoms with E-state index in [2.05, 4.69) is 50.9 Å². The number of nitrogens with zero attached hydrogens (tertiary/aromatic N) is 2. The molecule has 0 aliphatic heterocycles. The van der Waals surface area contributed by atoms with Crippen molar-refractivity contribution in [1.82, 2.24) is 9.55 Å². The number of carbonyl (C=O) groups is 1. The monoisotopic (exact) mass is 694 g/mol. The highest BCUT2D eigenvalue weighted by Gasteiger charge is 2.30. The highest BCUT2D eigenvalue weighted by molar-refractivity contribution is 5.80. The van der Waals surface area contributed by atoms with Crippen LogP contribution in [-0.2, 0) is 17.4 Å². The van der Waals surface area contributed by atoms with E-state index in [1.54, 1.807) is 22.8 Å². The van der Waals surface area contributed by atoms with Crippen LogP contribution < -0.4 is 5.56 Å². The Morgan fingerprint density at radius 1 is 0.900 bits per heavy atom. The molecule has 1 aromatic heterocycles. The molecule has 0 N–H and O–H groups in total. The summed E-state index contributed by atoms with van der Waals surface area (Å²) in [5.74, 6) is 0.496. The first-order chi connectivity index (χ1) is 23.7. The Hall–Kier alpha value is -4.33. The van der Waals surface area contributed by atoms with E-state index in [0.717, 1.165) is 31.4 Å². The fourth-order valence-electron chi connectivity index (χ4n) is 4.61. The van der Waals surface area contributed by atoms with E-state index in [1.165, 1.54) is 42.7 Å². The van der Waals surface area contributed by atoms with Crippen LogP contribution in [0.3, 0.4) is 0 Å². The van der Waals surface area contributed by atoms with Crippen molar-refractivity contribution in [1.29, 1.82) is 0 Å². The molecular weight excluding hydrogens is 640 g/mol. The Morgan fingerprint density at radius 3 is 1.98 bits per heavy atom. The normalized spacial score (nSPS) is 11.3. The fourth-order valence-corrected chi connectivity index (χ4v) is 4.61. The van der Waals surface area contributed by atoms with E-state index < -0.39 is 11.7 Å². The van der Waals surface area contributed by atoms with Crippen LogP contribution >= 0.6 is 0 Å². The average Bonchev–Trinajstić information content (AvgIpc) is 3.09. The minimum Gasteiger partial charge on any atom is -0.299 e. The summed E-state index contributed by atoms with van der Waals surface area (Å²) in [6.07, 6.45) is 8.17. The zero-order chi connectivity index (χ0) is 37.7.